The van der Waals surface area contributed by atoms with Crippen molar-refractivity contribution in [2.75, 3.05) is 18.0 Å². The minimum atomic E-state index is 0.515. The van der Waals surface area contributed by atoms with Crippen LogP contribution >= 0.6 is 0 Å². The maximum absolute atomic E-state index is 4.85. The molecule has 1 atom stereocenters. The van der Waals surface area contributed by atoms with E-state index >= 15 is 0 Å². The molecule has 1 saturated heterocycles. The first-order valence-corrected chi connectivity index (χ1v) is 8.55. The van der Waals surface area contributed by atoms with Crippen LogP contribution in [0.25, 0.3) is 0 Å². The predicted octanol–water partition coefficient (Wildman–Crippen LogP) is 3.90. The molecule has 0 aliphatic carbocycles. The predicted molar refractivity (Wildman–Crippen MR) is 90.8 cm³/mol. The lowest BCUT2D eigenvalue weighted by atomic mass is 9.98. The van der Waals surface area contributed by atoms with Gasteiger partial charge in [0.1, 0.15) is 5.82 Å². The number of rotatable bonds is 5. The molecular formula is C18H31N3. The summed E-state index contributed by atoms with van der Waals surface area (Å²) in [6.45, 7) is 12.0. The van der Waals surface area contributed by atoms with Gasteiger partial charge in [-0.2, -0.15) is 0 Å². The smallest absolute Gasteiger partial charge is 0.128 e. The summed E-state index contributed by atoms with van der Waals surface area (Å²) in [5.41, 5.74) is 2.48. The zero-order chi connectivity index (χ0) is 15.2. The molecule has 0 saturated carbocycles. The quantitative estimate of drug-likeness (QED) is 0.891. The first-order valence-electron chi connectivity index (χ1n) is 8.55. The summed E-state index contributed by atoms with van der Waals surface area (Å²) >= 11 is 0. The van der Waals surface area contributed by atoms with E-state index in [2.05, 4.69) is 50.0 Å². The van der Waals surface area contributed by atoms with Gasteiger partial charge in [-0.1, -0.05) is 33.3 Å². The molecule has 2 heterocycles. The summed E-state index contributed by atoms with van der Waals surface area (Å²) in [7, 11) is 0. The Hall–Kier alpha value is -1.09. The van der Waals surface area contributed by atoms with Crippen molar-refractivity contribution in [1.82, 2.24) is 10.3 Å². The van der Waals surface area contributed by atoms with Gasteiger partial charge in [-0.3, -0.25) is 0 Å². The van der Waals surface area contributed by atoms with Crippen LogP contribution in [0.5, 0.6) is 0 Å². The fourth-order valence-electron chi connectivity index (χ4n) is 3.06. The van der Waals surface area contributed by atoms with Crippen molar-refractivity contribution in [3.63, 3.8) is 0 Å². The number of nitrogens with one attached hydrogen (secondary N) is 1. The van der Waals surface area contributed by atoms with Crippen molar-refractivity contribution in [3.05, 3.63) is 23.4 Å². The van der Waals surface area contributed by atoms with Gasteiger partial charge in [0, 0.05) is 31.4 Å². The van der Waals surface area contributed by atoms with Crippen LogP contribution in [0.1, 0.15) is 57.7 Å². The fraction of sp³-hybridized carbons (Fsp3) is 0.722. The largest absolute Gasteiger partial charge is 0.357 e. The molecule has 3 nitrogen and oxygen atoms in total. The third-order valence-electron chi connectivity index (χ3n) is 4.63. The molecule has 0 aromatic carbocycles. The molecule has 2 rings (SSSR count). The molecule has 0 bridgehead atoms. The molecule has 1 aromatic heterocycles. The van der Waals surface area contributed by atoms with Crippen molar-refractivity contribution in [3.8, 4) is 0 Å². The van der Waals surface area contributed by atoms with E-state index in [0.29, 0.717) is 6.04 Å². The Bertz CT molecular complexity index is 442. The first-order chi connectivity index (χ1) is 10.1. The molecule has 1 aromatic rings. The Kier molecular flexibility index (Phi) is 6.04. The summed E-state index contributed by atoms with van der Waals surface area (Å²) in [4.78, 5) is 7.33. The Morgan fingerprint density at radius 2 is 2.10 bits per heavy atom. The number of anilines is 1. The SMILES string of the molecule is CCC1CCCN(c2ccc(CNC(C)C)c(C)n2)CC1. The van der Waals surface area contributed by atoms with Crippen molar-refractivity contribution in [2.45, 2.75) is 66.0 Å². The Labute approximate surface area is 130 Å². The van der Waals surface area contributed by atoms with Crippen LogP contribution in [0.4, 0.5) is 5.82 Å². The molecule has 3 heteroatoms. The third-order valence-corrected chi connectivity index (χ3v) is 4.63. The Morgan fingerprint density at radius 3 is 2.76 bits per heavy atom. The topological polar surface area (TPSA) is 28.2 Å². The van der Waals surface area contributed by atoms with E-state index in [1.54, 1.807) is 0 Å². The number of pyridine rings is 1. The van der Waals surface area contributed by atoms with E-state index in [1.165, 1.54) is 31.2 Å². The van der Waals surface area contributed by atoms with Crippen LogP contribution < -0.4 is 10.2 Å². The van der Waals surface area contributed by atoms with Crippen molar-refractivity contribution >= 4 is 5.82 Å². The maximum Gasteiger partial charge on any atom is 0.128 e. The second kappa shape index (κ2) is 7.79. The second-order valence-corrected chi connectivity index (χ2v) is 6.64. The Balaban J connectivity index is 2.02. The summed E-state index contributed by atoms with van der Waals surface area (Å²) in [6.07, 6.45) is 5.31. The van der Waals surface area contributed by atoms with Crippen LogP contribution in [-0.2, 0) is 6.54 Å². The minimum absolute atomic E-state index is 0.515. The number of nitrogens with zero attached hydrogens (tertiary/aromatic N) is 2. The molecular weight excluding hydrogens is 258 g/mol. The molecule has 0 spiro atoms. The average molecular weight is 289 g/mol. The van der Waals surface area contributed by atoms with Gasteiger partial charge in [0.05, 0.1) is 0 Å². The lowest BCUT2D eigenvalue weighted by Gasteiger charge is -2.23. The van der Waals surface area contributed by atoms with E-state index in [-0.39, 0.29) is 0 Å². The highest BCUT2D eigenvalue weighted by molar-refractivity contribution is 5.41. The zero-order valence-electron chi connectivity index (χ0n) is 14.2. The lowest BCUT2D eigenvalue weighted by molar-refractivity contribution is 0.459. The Morgan fingerprint density at radius 1 is 1.29 bits per heavy atom. The van der Waals surface area contributed by atoms with Crippen molar-refractivity contribution < 1.29 is 0 Å². The maximum atomic E-state index is 4.85. The minimum Gasteiger partial charge on any atom is -0.357 e. The highest BCUT2D eigenvalue weighted by Gasteiger charge is 2.17. The average Bonchev–Trinajstić information content (AvgIpc) is 2.71. The van der Waals surface area contributed by atoms with Gasteiger partial charge in [-0.05, 0) is 43.7 Å². The van der Waals surface area contributed by atoms with Gasteiger partial charge in [0.2, 0.25) is 0 Å². The van der Waals surface area contributed by atoms with Gasteiger partial charge in [0.25, 0.3) is 0 Å². The summed E-state index contributed by atoms with van der Waals surface area (Å²) in [5.74, 6) is 2.07. The highest BCUT2D eigenvalue weighted by Crippen LogP contribution is 2.24. The number of hydrogen-bond acceptors (Lipinski definition) is 3. The van der Waals surface area contributed by atoms with Crippen LogP contribution in [0.3, 0.4) is 0 Å². The molecule has 21 heavy (non-hydrogen) atoms. The molecule has 0 radical (unpaired) electrons. The molecule has 1 N–H and O–H groups in total. The second-order valence-electron chi connectivity index (χ2n) is 6.64. The molecule has 1 aliphatic heterocycles. The first kappa shape index (κ1) is 16.3. The number of aromatic nitrogens is 1. The zero-order valence-corrected chi connectivity index (χ0v) is 14.2. The van der Waals surface area contributed by atoms with E-state index in [1.807, 2.05) is 0 Å². The van der Waals surface area contributed by atoms with Crippen LogP contribution in [-0.4, -0.2) is 24.1 Å². The van der Waals surface area contributed by atoms with Gasteiger partial charge < -0.3 is 10.2 Å². The van der Waals surface area contributed by atoms with Gasteiger partial charge >= 0.3 is 0 Å². The fourth-order valence-corrected chi connectivity index (χ4v) is 3.06. The van der Waals surface area contributed by atoms with Crippen LogP contribution in [0.2, 0.25) is 0 Å². The van der Waals surface area contributed by atoms with Crippen molar-refractivity contribution in [2.24, 2.45) is 5.92 Å². The van der Waals surface area contributed by atoms with Crippen LogP contribution in [0, 0.1) is 12.8 Å². The van der Waals surface area contributed by atoms with Gasteiger partial charge in [-0.25, -0.2) is 4.98 Å². The summed E-state index contributed by atoms with van der Waals surface area (Å²) < 4.78 is 0. The van der Waals surface area contributed by atoms with Gasteiger partial charge in [0.15, 0.2) is 0 Å². The van der Waals surface area contributed by atoms with E-state index in [4.69, 9.17) is 4.98 Å². The summed E-state index contributed by atoms with van der Waals surface area (Å²) in [6, 6.07) is 4.96. The van der Waals surface area contributed by atoms with Gasteiger partial charge in [-0.15, -0.1) is 0 Å². The van der Waals surface area contributed by atoms with Crippen molar-refractivity contribution in [1.29, 1.82) is 0 Å². The van der Waals surface area contributed by atoms with Crippen LogP contribution in [0.15, 0.2) is 12.1 Å². The molecule has 1 unspecified atom stereocenters. The monoisotopic (exact) mass is 289 g/mol. The number of hydrogen-bond donors (Lipinski definition) is 1. The summed E-state index contributed by atoms with van der Waals surface area (Å²) in [5, 5.41) is 3.47. The van der Waals surface area contributed by atoms with E-state index in [9.17, 15) is 0 Å². The molecule has 0 amide bonds. The molecule has 1 aliphatic rings. The molecule has 1 fully saturated rings. The molecule has 118 valence electrons. The lowest BCUT2D eigenvalue weighted by Crippen LogP contribution is -2.26. The van der Waals surface area contributed by atoms with E-state index in [0.717, 1.165) is 37.1 Å². The number of aryl methyl sites for hydroxylation is 1. The normalized spacial score (nSPS) is 19.9. The standard InChI is InChI=1S/C18H31N3/c1-5-16-7-6-11-21(12-10-16)18-9-8-17(15(4)20-18)13-19-14(2)3/h8-9,14,16,19H,5-7,10-13H2,1-4H3. The third kappa shape index (κ3) is 4.70. The highest BCUT2D eigenvalue weighted by atomic mass is 15.2. The van der Waals surface area contributed by atoms with E-state index < -0.39 is 0 Å².